The normalized spacial score (nSPS) is 16.7. The van der Waals surface area contributed by atoms with Crippen LogP contribution in [0.25, 0.3) is 0 Å². The van der Waals surface area contributed by atoms with Crippen LogP contribution < -0.4 is 4.90 Å². The zero-order valence-electron chi connectivity index (χ0n) is 13.7. The third kappa shape index (κ3) is 4.43. The molecule has 0 saturated carbocycles. The van der Waals surface area contributed by atoms with Crippen molar-refractivity contribution in [3.63, 3.8) is 0 Å². The average molecular weight is 291 g/mol. The standard InChI is InChI=1S/C17H29N3O/c1-4-18(3)14-16-13-17(6-5-15(16)2)20-9-7-19(8-10-20)11-12-21/h5-6,13,21H,4,7-12,14H2,1-3H3. The minimum absolute atomic E-state index is 0.262. The molecular formula is C17H29N3O. The van der Waals surface area contributed by atoms with Crippen LogP contribution in [0.5, 0.6) is 0 Å². The van der Waals surface area contributed by atoms with E-state index in [-0.39, 0.29) is 6.61 Å². The predicted octanol–water partition coefficient (Wildman–Crippen LogP) is 1.56. The summed E-state index contributed by atoms with van der Waals surface area (Å²) in [6.07, 6.45) is 0. The summed E-state index contributed by atoms with van der Waals surface area (Å²) in [6.45, 7) is 11.7. The summed E-state index contributed by atoms with van der Waals surface area (Å²) in [6, 6.07) is 6.84. The number of aliphatic hydroxyl groups is 1. The van der Waals surface area contributed by atoms with Crippen molar-refractivity contribution >= 4 is 5.69 Å². The van der Waals surface area contributed by atoms with Crippen molar-refractivity contribution in [3.8, 4) is 0 Å². The molecule has 0 atom stereocenters. The summed E-state index contributed by atoms with van der Waals surface area (Å²) in [5.74, 6) is 0. The van der Waals surface area contributed by atoms with Gasteiger partial charge in [-0.2, -0.15) is 0 Å². The summed E-state index contributed by atoms with van der Waals surface area (Å²) in [4.78, 5) is 7.13. The van der Waals surface area contributed by atoms with Crippen LogP contribution >= 0.6 is 0 Å². The molecule has 118 valence electrons. The van der Waals surface area contributed by atoms with Gasteiger partial charge in [0.1, 0.15) is 0 Å². The number of aryl methyl sites for hydroxylation is 1. The highest BCUT2D eigenvalue weighted by molar-refractivity contribution is 5.51. The predicted molar refractivity (Wildman–Crippen MR) is 88.9 cm³/mol. The maximum absolute atomic E-state index is 9.02. The molecule has 21 heavy (non-hydrogen) atoms. The van der Waals surface area contributed by atoms with Gasteiger partial charge in [-0.1, -0.05) is 13.0 Å². The van der Waals surface area contributed by atoms with Gasteiger partial charge >= 0.3 is 0 Å². The molecule has 1 heterocycles. The summed E-state index contributed by atoms with van der Waals surface area (Å²) < 4.78 is 0. The number of anilines is 1. The molecule has 1 aliphatic rings. The topological polar surface area (TPSA) is 30.0 Å². The first kappa shape index (κ1) is 16.3. The second-order valence-electron chi connectivity index (χ2n) is 5.99. The lowest BCUT2D eigenvalue weighted by Gasteiger charge is -2.36. The Bertz CT molecular complexity index is 442. The molecule has 1 N–H and O–H groups in total. The van der Waals surface area contributed by atoms with Gasteiger partial charge in [-0.05, 0) is 43.8 Å². The molecule has 0 amide bonds. The first-order chi connectivity index (χ1) is 10.1. The second kappa shape index (κ2) is 7.78. The van der Waals surface area contributed by atoms with Crippen molar-refractivity contribution in [2.45, 2.75) is 20.4 Å². The highest BCUT2D eigenvalue weighted by Gasteiger charge is 2.17. The second-order valence-corrected chi connectivity index (χ2v) is 5.99. The Kier molecular flexibility index (Phi) is 6.03. The third-order valence-corrected chi connectivity index (χ3v) is 4.47. The van der Waals surface area contributed by atoms with Gasteiger partial charge in [0, 0.05) is 45.0 Å². The van der Waals surface area contributed by atoms with Gasteiger partial charge in [-0.3, -0.25) is 4.90 Å². The maximum atomic E-state index is 9.02. The molecule has 1 aromatic rings. The zero-order chi connectivity index (χ0) is 15.2. The number of piperazine rings is 1. The average Bonchev–Trinajstić information content (AvgIpc) is 2.50. The van der Waals surface area contributed by atoms with E-state index in [2.05, 4.69) is 53.8 Å². The lowest BCUT2D eigenvalue weighted by atomic mass is 10.1. The molecule has 0 spiro atoms. The fraction of sp³-hybridized carbons (Fsp3) is 0.647. The number of aliphatic hydroxyl groups excluding tert-OH is 1. The molecule has 4 heteroatoms. The fourth-order valence-electron chi connectivity index (χ4n) is 2.80. The summed E-state index contributed by atoms with van der Waals surface area (Å²) in [5.41, 5.74) is 4.14. The van der Waals surface area contributed by atoms with Gasteiger partial charge in [0.05, 0.1) is 6.61 Å². The van der Waals surface area contributed by atoms with Gasteiger partial charge in [0.15, 0.2) is 0 Å². The molecule has 1 aromatic carbocycles. The Morgan fingerprint density at radius 1 is 1.19 bits per heavy atom. The number of rotatable bonds is 6. The van der Waals surface area contributed by atoms with E-state index in [0.29, 0.717) is 0 Å². The third-order valence-electron chi connectivity index (χ3n) is 4.47. The lowest BCUT2D eigenvalue weighted by molar-refractivity contribution is 0.189. The Balaban J connectivity index is 2.02. The van der Waals surface area contributed by atoms with E-state index in [4.69, 9.17) is 5.11 Å². The van der Waals surface area contributed by atoms with E-state index in [1.165, 1.54) is 16.8 Å². The van der Waals surface area contributed by atoms with Gasteiger partial charge in [-0.15, -0.1) is 0 Å². The van der Waals surface area contributed by atoms with Gasteiger partial charge < -0.3 is 14.9 Å². The molecular weight excluding hydrogens is 262 g/mol. The largest absolute Gasteiger partial charge is 0.395 e. The Morgan fingerprint density at radius 2 is 1.90 bits per heavy atom. The molecule has 2 rings (SSSR count). The van der Waals surface area contributed by atoms with Crippen LogP contribution in [0, 0.1) is 6.92 Å². The molecule has 1 aliphatic heterocycles. The van der Waals surface area contributed by atoms with E-state index in [1.54, 1.807) is 0 Å². The van der Waals surface area contributed by atoms with Crippen molar-refractivity contribution in [2.24, 2.45) is 0 Å². The van der Waals surface area contributed by atoms with Crippen LogP contribution in [0.4, 0.5) is 5.69 Å². The molecule has 0 aliphatic carbocycles. The molecule has 0 bridgehead atoms. The Hall–Kier alpha value is -1.10. The van der Waals surface area contributed by atoms with Crippen LogP contribution in [0.2, 0.25) is 0 Å². The minimum Gasteiger partial charge on any atom is -0.395 e. The van der Waals surface area contributed by atoms with Gasteiger partial charge in [0.2, 0.25) is 0 Å². The van der Waals surface area contributed by atoms with Crippen LogP contribution in [-0.4, -0.2) is 67.8 Å². The summed E-state index contributed by atoms with van der Waals surface area (Å²) in [7, 11) is 2.17. The van der Waals surface area contributed by atoms with Crippen molar-refractivity contribution in [2.75, 3.05) is 57.8 Å². The number of hydrogen-bond donors (Lipinski definition) is 1. The molecule has 1 saturated heterocycles. The number of hydrogen-bond acceptors (Lipinski definition) is 4. The Labute approximate surface area is 129 Å². The number of β-amino-alcohol motifs (C(OH)–C–C–N with tert-alkyl or cyclic N) is 1. The van der Waals surface area contributed by atoms with E-state index in [1.807, 2.05) is 0 Å². The monoisotopic (exact) mass is 291 g/mol. The van der Waals surface area contributed by atoms with Crippen LogP contribution in [0.1, 0.15) is 18.1 Å². The minimum atomic E-state index is 0.262. The van der Waals surface area contributed by atoms with Gasteiger partial charge in [-0.25, -0.2) is 0 Å². The van der Waals surface area contributed by atoms with Crippen molar-refractivity contribution in [1.82, 2.24) is 9.80 Å². The summed E-state index contributed by atoms with van der Waals surface area (Å²) >= 11 is 0. The Morgan fingerprint density at radius 3 is 2.52 bits per heavy atom. The van der Waals surface area contributed by atoms with Crippen molar-refractivity contribution in [1.29, 1.82) is 0 Å². The van der Waals surface area contributed by atoms with E-state index >= 15 is 0 Å². The molecule has 4 nitrogen and oxygen atoms in total. The molecule has 1 fully saturated rings. The summed E-state index contributed by atoms with van der Waals surface area (Å²) in [5, 5.41) is 9.02. The van der Waals surface area contributed by atoms with Crippen LogP contribution in [-0.2, 0) is 6.54 Å². The number of nitrogens with zero attached hydrogens (tertiary/aromatic N) is 3. The first-order valence-electron chi connectivity index (χ1n) is 8.00. The smallest absolute Gasteiger partial charge is 0.0558 e. The van der Waals surface area contributed by atoms with E-state index in [0.717, 1.165) is 45.8 Å². The first-order valence-corrected chi connectivity index (χ1v) is 8.00. The zero-order valence-corrected chi connectivity index (χ0v) is 13.7. The molecule has 0 unspecified atom stereocenters. The quantitative estimate of drug-likeness (QED) is 0.861. The highest BCUT2D eigenvalue weighted by atomic mass is 16.3. The highest BCUT2D eigenvalue weighted by Crippen LogP contribution is 2.21. The molecule has 0 aromatic heterocycles. The van der Waals surface area contributed by atoms with Crippen LogP contribution in [0.15, 0.2) is 18.2 Å². The van der Waals surface area contributed by atoms with Crippen molar-refractivity contribution in [3.05, 3.63) is 29.3 Å². The molecule has 0 radical (unpaired) electrons. The maximum Gasteiger partial charge on any atom is 0.0558 e. The van der Waals surface area contributed by atoms with E-state index in [9.17, 15) is 0 Å². The SMILES string of the molecule is CCN(C)Cc1cc(N2CCN(CCO)CC2)ccc1C. The number of benzene rings is 1. The fourth-order valence-corrected chi connectivity index (χ4v) is 2.80. The van der Waals surface area contributed by atoms with Crippen molar-refractivity contribution < 1.29 is 5.11 Å². The van der Waals surface area contributed by atoms with Crippen LogP contribution in [0.3, 0.4) is 0 Å². The lowest BCUT2D eigenvalue weighted by Crippen LogP contribution is -2.47. The van der Waals surface area contributed by atoms with E-state index < -0.39 is 0 Å². The van der Waals surface area contributed by atoms with Gasteiger partial charge in [0.25, 0.3) is 0 Å².